The molecular formula is C21H25BrClN3O2S. The monoisotopic (exact) mass is 497 g/mol. The van der Waals surface area contributed by atoms with Gasteiger partial charge in [-0.15, -0.1) is 0 Å². The molecule has 1 fully saturated rings. The first kappa shape index (κ1) is 21.2. The number of fused-ring (bicyclic) bond motifs is 2. The minimum absolute atomic E-state index is 0.160. The van der Waals surface area contributed by atoms with Gasteiger partial charge >= 0.3 is 0 Å². The third-order valence-electron chi connectivity index (χ3n) is 6.24. The summed E-state index contributed by atoms with van der Waals surface area (Å²) < 4.78 is 29.4. The topological polar surface area (TPSA) is 62.3 Å². The van der Waals surface area contributed by atoms with Crippen LogP contribution in [0.5, 0.6) is 0 Å². The van der Waals surface area contributed by atoms with Crippen LogP contribution in [-0.2, 0) is 23.1 Å². The number of aromatic nitrogens is 1. The maximum atomic E-state index is 12.2. The second-order valence-electron chi connectivity index (χ2n) is 7.92. The average Bonchev–Trinajstić information content (AvgIpc) is 2.85. The van der Waals surface area contributed by atoms with Crippen LogP contribution in [0.1, 0.15) is 46.7 Å². The predicted molar refractivity (Wildman–Crippen MR) is 120 cm³/mol. The average molecular weight is 499 g/mol. The van der Waals surface area contributed by atoms with E-state index in [2.05, 4.69) is 39.7 Å². The lowest BCUT2D eigenvalue weighted by Gasteiger charge is -2.36. The molecule has 2 aromatic rings. The molecule has 1 unspecified atom stereocenters. The minimum atomic E-state index is -3.38. The van der Waals surface area contributed by atoms with Crippen LogP contribution in [-0.4, -0.2) is 37.8 Å². The van der Waals surface area contributed by atoms with E-state index < -0.39 is 10.2 Å². The summed E-state index contributed by atoms with van der Waals surface area (Å²) in [5, 5.41) is 0.773. The van der Waals surface area contributed by atoms with Crippen molar-refractivity contribution in [1.29, 1.82) is 0 Å². The second kappa shape index (κ2) is 8.27. The molecule has 2 aliphatic rings. The van der Waals surface area contributed by atoms with Gasteiger partial charge in [0.1, 0.15) is 0 Å². The minimum Gasteiger partial charge on any atom is -0.259 e. The van der Waals surface area contributed by atoms with E-state index in [1.807, 2.05) is 12.3 Å². The van der Waals surface area contributed by atoms with Gasteiger partial charge in [0.25, 0.3) is 10.2 Å². The summed E-state index contributed by atoms with van der Waals surface area (Å²) in [6.45, 7) is 3.18. The van der Waals surface area contributed by atoms with Crippen molar-refractivity contribution < 1.29 is 8.42 Å². The highest BCUT2D eigenvalue weighted by Crippen LogP contribution is 2.44. The first-order chi connectivity index (χ1) is 13.8. The number of halogens is 2. The standard InChI is InChI=1S/C21H25BrClN3O2S/c1-13-9-18(23)11-15-3-4-16-10-17(22)12-25-21(16)20(19(13)15)14-5-7-26(8-6-14)29(27,28)24-2/h9-12,14,20,24H,3-8H2,1-2H3. The van der Waals surface area contributed by atoms with Gasteiger partial charge in [0.15, 0.2) is 0 Å². The molecule has 5 nitrogen and oxygen atoms in total. The Kier molecular flexibility index (Phi) is 6.06. The van der Waals surface area contributed by atoms with Crippen LogP contribution < -0.4 is 4.72 Å². The Morgan fingerprint density at radius 1 is 1.17 bits per heavy atom. The fourth-order valence-electron chi connectivity index (χ4n) is 4.89. The number of piperidine rings is 1. The van der Waals surface area contributed by atoms with Gasteiger partial charge in [0.2, 0.25) is 0 Å². The van der Waals surface area contributed by atoms with Crippen molar-refractivity contribution >= 4 is 37.7 Å². The molecule has 29 heavy (non-hydrogen) atoms. The molecule has 156 valence electrons. The highest BCUT2D eigenvalue weighted by molar-refractivity contribution is 9.10. The zero-order chi connectivity index (χ0) is 20.8. The Hall–Kier alpha value is -0.990. The van der Waals surface area contributed by atoms with Crippen molar-refractivity contribution in [2.45, 2.75) is 38.5 Å². The maximum Gasteiger partial charge on any atom is 0.279 e. The number of nitrogens with one attached hydrogen (secondary N) is 1. The maximum absolute atomic E-state index is 12.2. The molecule has 8 heteroatoms. The van der Waals surface area contributed by atoms with E-state index in [0.717, 1.165) is 40.9 Å². The van der Waals surface area contributed by atoms with Gasteiger partial charge in [-0.25, -0.2) is 4.72 Å². The van der Waals surface area contributed by atoms with Crippen molar-refractivity contribution in [2.75, 3.05) is 20.1 Å². The van der Waals surface area contributed by atoms with Crippen molar-refractivity contribution in [3.8, 4) is 0 Å². The zero-order valence-electron chi connectivity index (χ0n) is 16.6. The summed E-state index contributed by atoms with van der Waals surface area (Å²) in [5.41, 5.74) is 6.21. The van der Waals surface area contributed by atoms with E-state index in [4.69, 9.17) is 16.6 Å². The van der Waals surface area contributed by atoms with Crippen LogP contribution >= 0.6 is 27.5 Å². The zero-order valence-corrected chi connectivity index (χ0v) is 19.7. The molecule has 1 saturated heterocycles. The smallest absolute Gasteiger partial charge is 0.259 e. The van der Waals surface area contributed by atoms with Gasteiger partial charge < -0.3 is 0 Å². The summed E-state index contributed by atoms with van der Waals surface area (Å²) in [5.74, 6) is 0.495. The summed E-state index contributed by atoms with van der Waals surface area (Å²) in [4.78, 5) is 4.86. The number of benzene rings is 1. The molecule has 1 aromatic carbocycles. The van der Waals surface area contributed by atoms with Crippen molar-refractivity contribution in [3.05, 3.63) is 61.8 Å². The van der Waals surface area contributed by atoms with Crippen LogP contribution in [0, 0.1) is 12.8 Å². The molecule has 0 radical (unpaired) electrons. The number of rotatable bonds is 3. The lowest BCUT2D eigenvalue weighted by atomic mass is 9.75. The largest absolute Gasteiger partial charge is 0.279 e. The highest BCUT2D eigenvalue weighted by atomic mass is 79.9. The van der Waals surface area contributed by atoms with Crippen LogP contribution in [0.3, 0.4) is 0 Å². The van der Waals surface area contributed by atoms with Crippen LogP contribution in [0.2, 0.25) is 5.02 Å². The first-order valence-electron chi connectivity index (χ1n) is 9.92. The number of aryl methyl sites for hydroxylation is 3. The lowest BCUT2D eigenvalue weighted by Crippen LogP contribution is -2.44. The lowest BCUT2D eigenvalue weighted by molar-refractivity contribution is 0.253. The van der Waals surface area contributed by atoms with Crippen LogP contribution in [0.4, 0.5) is 0 Å². The number of pyridine rings is 1. The fraction of sp³-hybridized carbons (Fsp3) is 0.476. The SMILES string of the molecule is CNS(=O)(=O)N1CCC(C2c3ncc(Br)cc3CCc3cc(Cl)cc(C)c32)CC1. The third-order valence-corrected chi connectivity index (χ3v) is 8.46. The van der Waals surface area contributed by atoms with E-state index in [9.17, 15) is 8.42 Å². The summed E-state index contributed by atoms with van der Waals surface area (Å²) in [7, 11) is -1.91. The number of nitrogens with zero attached hydrogens (tertiary/aromatic N) is 2. The molecule has 2 heterocycles. The van der Waals surface area contributed by atoms with Gasteiger partial charge in [0.05, 0.1) is 5.69 Å². The number of hydrogen-bond donors (Lipinski definition) is 1. The summed E-state index contributed by atoms with van der Waals surface area (Å²) in [6.07, 6.45) is 5.36. The van der Waals surface area contributed by atoms with E-state index in [-0.39, 0.29) is 5.92 Å². The van der Waals surface area contributed by atoms with Gasteiger partial charge in [-0.2, -0.15) is 12.7 Å². The highest BCUT2D eigenvalue weighted by Gasteiger charge is 2.37. The molecule has 4 rings (SSSR count). The van der Waals surface area contributed by atoms with Crippen molar-refractivity contribution in [2.24, 2.45) is 5.92 Å². The molecule has 1 aromatic heterocycles. The van der Waals surface area contributed by atoms with Crippen molar-refractivity contribution in [1.82, 2.24) is 14.0 Å². The van der Waals surface area contributed by atoms with Crippen LogP contribution in [0.25, 0.3) is 0 Å². The molecule has 1 aliphatic heterocycles. The fourth-order valence-corrected chi connectivity index (χ4v) is 6.51. The summed E-state index contributed by atoms with van der Waals surface area (Å²) in [6, 6.07) is 6.31. The predicted octanol–water partition coefficient (Wildman–Crippen LogP) is 4.21. The molecule has 1 N–H and O–H groups in total. The molecule has 1 aliphatic carbocycles. The normalized spacial score (nSPS) is 20.8. The summed E-state index contributed by atoms with van der Waals surface area (Å²) >= 11 is 9.95. The van der Waals surface area contributed by atoms with E-state index in [0.29, 0.717) is 19.0 Å². The van der Waals surface area contributed by atoms with Gasteiger partial charge in [0, 0.05) is 41.7 Å². The molecular weight excluding hydrogens is 474 g/mol. The number of hydrogen-bond acceptors (Lipinski definition) is 3. The molecule has 0 saturated carbocycles. The molecule has 0 bridgehead atoms. The third kappa shape index (κ3) is 4.12. The van der Waals surface area contributed by atoms with Gasteiger partial charge in [-0.1, -0.05) is 11.6 Å². The molecule has 1 atom stereocenters. The molecule has 0 spiro atoms. The quantitative estimate of drug-likeness (QED) is 0.689. The Morgan fingerprint density at radius 2 is 1.86 bits per heavy atom. The Balaban J connectivity index is 1.76. The van der Waals surface area contributed by atoms with E-state index in [1.54, 1.807) is 4.31 Å². The Morgan fingerprint density at radius 3 is 2.55 bits per heavy atom. The van der Waals surface area contributed by atoms with Crippen LogP contribution in [0.15, 0.2) is 28.9 Å². The van der Waals surface area contributed by atoms with Crippen molar-refractivity contribution in [3.63, 3.8) is 0 Å². The Bertz CT molecular complexity index is 1040. The van der Waals surface area contributed by atoms with E-state index >= 15 is 0 Å². The Labute approximate surface area is 186 Å². The first-order valence-corrected chi connectivity index (χ1v) is 12.5. The van der Waals surface area contributed by atoms with Gasteiger partial charge in [-0.3, -0.25) is 4.98 Å². The molecule has 0 amide bonds. The van der Waals surface area contributed by atoms with Gasteiger partial charge in [-0.05, 0) is 94.9 Å². The second-order valence-corrected chi connectivity index (χ2v) is 11.1. The van der Waals surface area contributed by atoms with E-state index in [1.165, 1.54) is 29.3 Å².